The third kappa shape index (κ3) is 2.70. The molecule has 0 saturated carbocycles. The van der Waals surface area contributed by atoms with E-state index in [1.807, 2.05) is 37.3 Å². The molecule has 4 nitrogen and oxygen atoms in total. The van der Waals surface area contributed by atoms with Gasteiger partial charge in [-0.2, -0.15) is 0 Å². The summed E-state index contributed by atoms with van der Waals surface area (Å²) in [6.45, 7) is 1.87. The molecule has 3 rings (SSSR count). The molecule has 5 heteroatoms. The molecule has 0 bridgehead atoms. The van der Waals surface area contributed by atoms with Gasteiger partial charge in [0.05, 0.1) is 0 Å². The van der Waals surface area contributed by atoms with Crippen molar-refractivity contribution < 1.29 is 9.59 Å². The van der Waals surface area contributed by atoms with Crippen LogP contribution in [0.1, 0.15) is 16.7 Å². The molecule has 3 N–H and O–H groups in total. The van der Waals surface area contributed by atoms with Gasteiger partial charge in [-0.25, -0.2) is 0 Å². The number of carbonyl (C=O) groups excluding carboxylic acids is 2. The third-order valence-electron chi connectivity index (χ3n) is 4.37. The van der Waals surface area contributed by atoms with Crippen molar-refractivity contribution >= 4 is 29.1 Å². The minimum Gasteiger partial charge on any atom is -0.369 e. The van der Waals surface area contributed by atoms with E-state index >= 15 is 0 Å². The number of primary amides is 1. The zero-order chi connectivity index (χ0) is 16.6. The van der Waals surface area contributed by atoms with Crippen LogP contribution in [0.2, 0.25) is 5.02 Å². The van der Waals surface area contributed by atoms with Crippen molar-refractivity contribution in [3.05, 3.63) is 64.2 Å². The van der Waals surface area contributed by atoms with Crippen molar-refractivity contribution in [3.8, 4) is 0 Å². The zero-order valence-electron chi connectivity index (χ0n) is 12.7. The lowest BCUT2D eigenvalue weighted by Gasteiger charge is -2.35. The summed E-state index contributed by atoms with van der Waals surface area (Å²) in [5.74, 6) is -0.978. The van der Waals surface area contributed by atoms with Crippen LogP contribution in [0.15, 0.2) is 42.5 Å². The van der Waals surface area contributed by atoms with Crippen molar-refractivity contribution in [2.75, 3.05) is 5.32 Å². The van der Waals surface area contributed by atoms with E-state index < -0.39 is 11.3 Å². The average molecular weight is 329 g/mol. The van der Waals surface area contributed by atoms with E-state index in [1.165, 1.54) is 0 Å². The van der Waals surface area contributed by atoms with Crippen LogP contribution in [0.25, 0.3) is 0 Å². The van der Waals surface area contributed by atoms with E-state index in [4.69, 9.17) is 17.3 Å². The lowest BCUT2D eigenvalue weighted by Crippen LogP contribution is -2.52. The molecule has 2 aromatic carbocycles. The average Bonchev–Trinajstić information content (AvgIpc) is 2.49. The van der Waals surface area contributed by atoms with Gasteiger partial charge in [0.15, 0.2) is 0 Å². The van der Waals surface area contributed by atoms with Crippen molar-refractivity contribution in [2.45, 2.75) is 19.8 Å². The number of amides is 2. The molecule has 0 radical (unpaired) electrons. The van der Waals surface area contributed by atoms with Crippen molar-refractivity contribution in [1.29, 1.82) is 0 Å². The molecule has 1 atom stereocenters. The second kappa shape index (κ2) is 5.70. The second-order valence-corrected chi connectivity index (χ2v) is 6.43. The number of nitrogens with one attached hydrogen (secondary N) is 1. The first-order valence-corrected chi connectivity index (χ1v) is 7.74. The third-order valence-corrected chi connectivity index (χ3v) is 4.59. The lowest BCUT2D eigenvalue weighted by molar-refractivity contribution is -0.138. The van der Waals surface area contributed by atoms with Gasteiger partial charge in [-0.15, -0.1) is 0 Å². The molecular formula is C18H17ClN2O2. The normalized spacial score (nSPS) is 19.8. The highest BCUT2D eigenvalue weighted by molar-refractivity contribution is 6.31. The van der Waals surface area contributed by atoms with E-state index in [1.54, 1.807) is 12.1 Å². The van der Waals surface area contributed by atoms with Crippen LogP contribution < -0.4 is 11.1 Å². The fourth-order valence-electron chi connectivity index (χ4n) is 3.14. The molecule has 1 aliphatic heterocycles. The van der Waals surface area contributed by atoms with Gasteiger partial charge in [-0.1, -0.05) is 41.9 Å². The maximum atomic E-state index is 12.7. The first-order chi connectivity index (χ1) is 10.9. The number of rotatable bonds is 3. The molecule has 0 spiro atoms. The number of aryl methyl sites for hydroxylation is 1. The maximum absolute atomic E-state index is 12.7. The molecule has 1 aliphatic rings. The molecule has 1 heterocycles. The molecule has 0 aromatic heterocycles. The number of hydrogen-bond donors (Lipinski definition) is 2. The highest BCUT2D eigenvalue weighted by atomic mass is 35.5. The summed E-state index contributed by atoms with van der Waals surface area (Å²) in [7, 11) is 0. The number of carbonyl (C=O) groups is 2. The van der Waals surface area contributed by atoms with Crippen molar-refractivity contribution in [1.82, 2.24) is 0 Å². The molecule has 118 valence electrons. The van der Waals surface area contributed by atoms with Crippen LogP contribution in [0.3, 0.4) is 0 Å². The second-order valence-electron chi connectivity index (χ2n) is 6.00. The summed E-state index contributed by atoms with van der Waals surface area (Å²) >= 11 is 6.12. The Hall–Kier alpha value is -2.33. The Balaban J connectivity index is 2.07. The van der Waals surface area contributed by atoms with E-state index in [-0.39, 0.29) is 18.7 Å². The smallest absolute Gasteiger partial charge is 0.240 e. The summed E-state index contributed by atoms with van der Waals surface area (Å²) in [4.78, 5) is 24.9. The summed E-state index contributed by atoms with van der Waals surface area (Å²) in [5.41, 5.74) is 7.67. The predicted octanol–water partition coefficient (Wildman–Crippen LogP) is 2.86. The Kier molecular flexibility index (Phi) is 3.86. The molecular weight excluding hydrogens is 312 g/mol. The van der Waals surface area contributed by atoms with Crippen LogP contribution in [0.4, 0.5) is 5.69 Å². The quantitative estimate of drug-likeness (QED) is 0.850. The highest BCUT2D eigenvalue weighted by Crippen LogP contribution is 2.39. The first kappa shape index (κ1) is 15.6. The summed E-state index contributed by atoms with van der Waals surface area (Å²) in [6.07, 6.45) is 0.514. The molecule has 23 heavy (non-hydrogen) atoms. The van der Waals surface area contributed by atoms with Gasteiger partial charge in [-0.3, -0.25) is 9.59 Å². The maximum Gasteiger partial charge on any atom is 0.240 e. The Morgan fingerprint density at radius 1 is 1.30 bits per heavy atom. The summed E-state index contributed by atoms with van der Waals surface area (Å²) in [5, 5.41) is 3.43. The fraction of sp³-hybridized carbons (Fsp3) is 0.222. The summed E-state index contributed by atoms with van der Waals surface area (Å²) in [6, 6.07) is 13.0. The van der Waals surface area contributed by atoms with Crippen molar-refractivity contribution in [2.24, 2.45) is 11.1 Å². The van der Waals surface area contributed by atoms with Gasteiger partial charge in [-0.05, 0) is 48.6 Å². The van der Waals surface area contributed by atoms with Gasteiger partial charge in [0, 0.05) is 10.7 Å². The standard InChI is InChI=1S/C18H17ClN2O2/c1-11-7-14(19)8-13-10-18(16(20)22,17(23)21-15(11)13)9-12-5-3-2-4-6-12/h2-8H,9-10H2,1H3,(H2,20,22)(H,21,23)/t18-/m1/s1. The molecule has 0 aliphatic carbocycles. The van der Waals surface area contributed by atoms with Gasteiger partial charge < -0.3 is 11.1 Å². The van der Waals surface area contributed by atoms with Gasteiger partial charge >= 0.3 is 0 Å². The fourth-order valence-corrected chi connectivity index (χ4v) is 3.44. The van der Waals surface area contributed by atoms with E-state index in [2.05, 4.69) is 5.32 Å². The lowest BCUT2D eigenvalue weighted by atomic mass is 9.72. The minimum absolute atomic E-state index is 0.250. The number of anilines is 1. The molecule has 0 fully saturated rings. The van der Waals surface area contributed by atoms with Crippen molar-refractivity contribution in [3.63, 3.8) is 0 Å². The molecule has 2 amide bonds. The van der Waals surface area contributed by atoms with Crippen LogP contribution in [-0.4, -0.2) is 11.8 Å². The number of halogens is 1. The topological polar surface area (TPSA) is 72.2 Å². The van der Waals surface area contributed by atoms with E-state index in [0.29, 0.717) is 5.02 Å². The van der Waals surface area contributed by atoms with E-state index in [0.717, 1.165) is 22.4 Å². The SMILES string of the molecule is Cc1cc(Cl)cc2c1NC(=O)[C@@](Cc1ccccc1)(C(N)=O)C2. The van der Waals surface area contributed by atoms with Crippen LogP contribution in [0, 0.1) is 12.3 Å². The number of fused-ring (bicyclic) bond motifs is 1. The monoisotopic (exact) mass is 328 g/mol. The highest BCUT2D eigenvalue weighted by Gasteiger charge is 2.48. The van der Waals surface area contributed by atoms with Gasteiger partial charge in [0.25, 0.3) is 0 Å². The molecule has 0 unspecified atom stereocenters. The van der Waals surface area contributed by atoms with Crippen LogP contribution in [0.5, 0.6) is 0 Å². The van der Waals surface area contributed by atoms with Gasteiger partial charge in [0.1, 0.15) is 5.41 Å². The zero-order valence-corrected chi connectivity index (χ0v) is 13.5. The number of hydrogen-bond acceptors (Lipinski definition) is 2. The Labute approximate surface area is 139 Å². The number of benzene rings is 2. The summed E-state index contributed by atoms with van der Waals surface area (Å²) < 4.78 is 0. The first-order valence-electron chi connectivity index (χ1n) is 7.37. The van der Waals surface area contributed by atoms with Crippen LogP contribution >= 0.6 is 11.6 Å². The Morgan fingerprint density at radius 3 is 2.65 bits per heavy atom. The largest absolute Gasteiger partial charge is 0.369 e. The van der Waals surface area contributed by atoms with Crippen LogP contribution in [-0.2, 0) is 22.4 Å². The predicted molar refractivity (Wildman–Crippen MR) is 90.3 cm³/mol. The Bertz CT molecular complexity index is 789. The minimum atomic E-state index is -1.30. The van der Waals surface area contributed by atoms with Gasteiger partial charge in [0.2, 0.25) is 11.8 Å². The molecule has 2 aromatic rings. The number of nitrogens with two attached hydrogens (primary N) is 1. The molecule has 0 saturated heterocycles. The van der Waals surface area contributed by atoms with E-state index in [9.17, 15) is 9.59 Å². The Morgan fingerprint density at radius 2 is 2.00 bits per heavy atom.